The van der Waals surface area contributed by atoms with Crippen LogP contribution in [0.2, 0.25) is 0 Å². The van der Waals surface area contributed by atoms with E-state index in [-0.39, 0.29) is 24.0 Å². The molecule has 2 rings (SSSR count). The minimum absolute atomic E-state index is 0.00335. The fourth-order valence-electron chi connectivity index (χ4n) is 2.52. The Bertz CT molecular complexity index is 542. The lowest BCUT2D eigenvalue weighted by atomic mass is 9.96. The highest BCUT2D eigenvalue weighted by atomic mass is 16.4. The molecule has 5 heteroatoms. The van der Waals surface area contributed by atoms with Gasteiger partial charge in [-0.15, -0.1) is 0 Å². The third kappa shape index (κ3) is 3.90. The fourth-order valence-corrected chi connectivity index (χ4v) is 2.52. The van der Waals surface area contributed by atoms with E-state index in [1.54, 1.807) is 29.2 Å². The number of benzene rings is 1. The first-order chi connectivity index (χ1) is 9.97. The molecule has 1 aromatic rings. The number of ketones is 1. The van der Waals surface area contributed by atoms with E-state index in [0.717, 1.165) is 5.56 Å². The van der Waals surface area contributed by atoms with Gasteiger partial charge in [0.1, 0.15) is 0 Å². The summed E-state index contributed by atoms with van der Waals surface area (Å²) in [5.74, 6) is -1.09. The second-order valence-corrected chi connectivity index (χ2v) is 5.42. The van der Waals surface area contributed by atoms with Gasteiger partial charge in [0.25, 0.3) is 0 Å². The van der Waals surface area contributed by atoms with E-state index >= 15 is 0 Å². The van der Waals surface area contributed by atoms with Gasteiger partial charge in [0.05, 0.1) is 12.3 Å². The number of carboxylic acids is 1. The topological polar surface area (TPSA) is 74.7 Å². The Hall–Kier alpha value is -2.17. The Morgan fingerprint density at radius 2 is 1.71 bits per heavy atom. The van der Waals surface area contributed by atoms with Crippen LogP contribution in [0, 0.1) is 5.92 Å². The molecule has 0 radical (unpaired) electrons. The van der Waals surface area contributed by atoms with Gasteiger partial charge < -0.3 is 10.0 Å². The number of carbonyl (C=O) groups is 3. The largest absolute Gasteiger partial charge is 0.481 e. The van der Waals surface area contributed by atoms with Gasteiger partial charge in [0.15, 0.2) is 5.78 Å². The van der Waals surface area contributed by atoms with Crippen LogP contribution in [0.3, 0.4) is 0 Å². The molecule has 0 aliphatic carbocycles. The zero-order valence-electron chi connectivity index (χ0n) is 12.0. The maximum atomic E-state index is 12.2. The van der Waals surface area contributed by atoms with Crippen LogP contribution >= 0.6 is 0 Å². The molecule has 1 fully saturated rings. The molecule has 5 nitrogen and oxygen atoms in total. The minimum Gasteiger partial charge on any atom is -0.481 e. The number of Topliss-reactive ketones (excluding diaryl/α,β-unsaturated/α-hetero) is 1. The van der Waals surface area contributed by atoms with Crippen LogP contribution in [0.1, 0.15) is 35.7 Å². The van der Waals surface area contributed by atoms with E-state index in [2.05, 4.69) is 0 Å². The minimum atomic E-state index is -0.776. The van der Waals surface area contributed by atoms with Crippen molar-refractivity contribution in [3.63, 3.8) is 0 Å². The number of hydrogen-bond donors (Lipinski definition) is 1. The predicted molar refractivity (Wildman–Crippen MR) is 77.1 cm³/mol. The number of aliphatic carboxylic acids is 1. The van der Waals surface area contributed by atoms with Gasteiger partial charge in [-0.25, -0.2) is 0 Å². The molecular weight excluding hydrogens is 270 g/mol. The fraction of sp³-hybridized carbons (Fsp3) is 0.438. The molecule has 1 aliphatic rings. The molecular formula is C16H19NO4. The molecule has 0 bridgehead atoms. The van der Waals surface area contributed by atoms with Crippen molar-refractivity contribution < 1.29 is 19.5 Å². The Morgan fingerprint density at radius 3 is 2.19 bits per heavy atom. The molecule has 21 heavy (non-hydrogen) atoms. The number of likely N-dealkylation sites (tertiary alicyclic amines) is 1. The maximum Gasteiger partial charge on any atom is 0.306 e. The molecule has 112 valence electrons. The van der Waals surface area contributed by atoms with Crippen molar-refractivity contribution in [2.75, 3.05) is 13.1 Å². The number of amides is 1. The molecule has 1 heterocycles. The summed E-state index contributed by atoms with van der Waals surface area (Å²) in [5, 5.41) is 8.94. The first-order valence-corrected chi connectivity index (χ1v) is 7.08. The van der Waals surface area contributed by atoms with Crippen LogP contribution < -0.4 is 0 Å². The molecule has 0 saturated carbocycles. The molecule has 1 aliphatic heterocycles. The normalized spacial score (nSPS) is 15.8. The number of hydrogen-bond acceptors (Lipinski definition) is 3. The lowest BCUT2D eigenvalue weighted by Crippen LogP contribution is -2.40. The standard InChI is InChI=1S/C16H19NO4/c1-11(18)13-4-2-12(3-5-13)10-15(19)17-8-6-14(7-9-17)16(20)21/h2-5,14H,6-10H2,1H3,(H,20,21). The third-order valence-corrected chi connectivity index (χ3v) is 3.91. The number of carboxylic acid groups (broad SMARTS) is 1. The lowest BCUT2D eigenvalue weighted by Gasteiger charge is -2.30. The monoisotopic (exact) mass is 289 g/mol. The summed E-state index contributed by atoms with van der Waals surface area (Å²) in [5.41, 5.74) is 1.50. The number of piperidine rings is 1. The average molecular weight is 289 g/mol. The number of rotatable bonds is 4. The Labute approximate surface area is 123 Å². The Balaban J connectivity index is 1.90. The molecule has 1 saturated heterocycles. The summed E-state index contributed by atoms with van der Waals surface area (Å²) < 4.78 is 0. The second-order valence-electron chi connectivity index (χ2n) is 5.42. The van der Waals surface area contributed by atoms with Crippen molar-refractivity contribution in [3.05, 3.63) is 35.4 Å². The van der Waals surface area contributed by atoms with Crippen LogP contribution in [0.4, 0.5) is 0 Å². The van der Waals surface area contributed by atoms with Crippen molar-refractivity contribution in [2.45, 2.75) is 26.2 Å². The van der Waals surface area contributed by atoms with Crippen molar-refractivity contribution in [2.24, 2.45) is 5.92 Å². The van der Waals surface area contributed by atoms with Crippen molar-refractivity contribution in [1.82, 2.24) is 4.90 Å². The first kappa shape index (κ1) is 15.2. The SMILES string of the molecule is CC(=O)c1ccc(CC(=O)N2CCC(C(=O)O)CC2)cc1. The number of carbonyl (C=O) groups excluding carboxylic acids is 2. The molecule has 0 aromatic heterocycles. The van der Waals surface area contributed by atoms with Crippen LogP contribution in [-0.4, -0.2) is 40.8 Å². The highest BCUT2D eigenvalue weighted by molar-refractivity contribution is 5.94. The molecule has 0 spiro atoms. The van der Waals surface area contributed by atoms with Crippen LogP contribution in [0.5, 0.6) is 0 Å². The summed E-state index contributed by atoms with van der Waals surface area (Å²) >= 11 is 0. The highest BCUT2D eigenvalue weighted by Gasteiger charge is 2.26. The maximum absolute atomic E-state index is 12.2. The van der Waals surface area contributed by atoms with Gasteiger partial charge in [0, 0.05) is 18.7 Å². The second kappa shape index (κ2) is 6.52. The van der Waals surface area contributed by atoms with Crippen molar-refractivity contribution in [3.8, 4) is 0 Å². The van der Waals surface area contributed by atoms with Crippen LogP contribution in [0.15, 0.2) is 24.3 Å². The van der Waals surface area contributed by atoms with Crippen molar-refractivity contribution >= 4 is 17.7 Å². The van der Waals surface area contributed by atoms with E-state index in [0.29, 0.717) is 31.5 Å². The molecule has 1 N–H and O–H groups in total. The van der Waals surface area contributed by atoms with Gasteiger partial charge in [-0.05, 0) is 25.3 Å². The Kier molecular flexibility index (Phi) is 4.73. The van der Waals surface area contributed by atoms with Crippen LogP contribution in [0.25, 0.3) is 0 Å². The third-order valence-electron chi connectivity index (χ3n) is 3.91. The zero-order valence-corrected chi connectivity index (χ0v) is 12.0. The van der Waals surface area contributed by atoms with Gasteiger partial charge in [-0.2, -0.15) is 0 Å². The van der Waals surface area contributed by atoms with Crippen LogP contribution in [-0.2, 0) is 16.0 Å². The van der Waals surface area contributed by atoms with Crippen molar-refractivity contribution in [1.29, 1.82) is 0 Å². The highest BCUT2D eigenvalue weighted by Crippen LogP contribution is 2.18. The summed E-state index contributed by atoms with van der Waals surface area (Å²) in [4.78, 5) is 36.0. The zero-order chi connectivity index (χ0) is 15.4. The molecule has 1 amide bonds. The summed E-state index contributed by atoms with van der Waals surface area (Å²) in [6, 6.07) is 7.03. The van der Waals surface area contributed by atoms with Gasteiger partial charge in [-0.1, -0.05) is 24.3 Å². The molecule has 0 atom stereocenters. The lowest BCUT2D eigenvalue weighted by molar-refractivity contribution is -0.145. The van der Waals surface area contributed by atoms with E-state index in [1.807, 2.05) is 0 Å². The van der Waals surface area contributed by atoms with Gasteiger partial charge in [0.2, 0.25) is 5.91 Å². The van der Waals surface area contributed by atoms with E-state index in [1.165, 1.54) is 6.92 Å². The Morgan fingerprint density at radius 1 is 1.14 bits per heavy atom. The first-order valence-electron chi connectivity index (χ1n) is 7.08. The molecule has 1 aromatic carbocycles. The van der Waals surface area contributed by atoms with Gasteiger partial charge in [-0.3, -0.25) is 14.4 Å². The summed E-state index contributed by atoms with van der Waals surface area (Å²) in [6.07, 6.45) is 1.32. The summed E-state index contributed by atoms with van der Waals surface area (Å²) in [7, 11) is 0. The molecule has 0 unspecified atom stereocenters. The van der Waals surface area contributed by atoms with E-state index < -0.39 is 5.97 Å². The predicted octanol–water partition coefficient (Wildman–Crippen LogP) is 1.75. The summed E-state index contributed by atoms with van der Waals surface area (Å²) in [6.45, 7) is 2.51. The van der Waals surface area contributed by atoms with Gasteiger partial charge >= 0.3 is 5.97 Å². The smallest absolute Gasteiger partial charge is 0.306 e. The quantitative estimate of drug-likeness (QED) is 0.857. The van der Waals surface area contributed by atoms with E-state index in [4.69, 9.17) is 5.11 Å². The number of nitrogens with zero attached hydrogens (tertiary/aromatic N) is 1. The van der Waals surface area contributed by atoms with E-state index in [9.17, 15) is 14.4 Å². The average Bonchev–Trinajstić information content (AvgIpc) is 2.47.